The lowest BCUT2D eigenvalue weighted by Crippen LogP contribution is -2.17. The number of nitrogens with zero attached hydrogens (tertiary/aromatic N) is 2. The van der Waals surface area contributed by atoms with E-state index in [4.69, 9.17) is 5.73 Å². The molecule has 1 aromatic heterocycles. The van der Waals surface area contributed by atoms with Gasteiger partial charge in [0.05, 0.1) is 6.21 Å². The van der Waals surface area contributed by atoms with Crippen molar-refractivity contribution in [2.24, 2.45) is 12.1 Å². The Morgan fingerprint density at radius 3 is 2.54 bits per heavy atom. The smallest absolute Gasteiger partial charge is 0.271 e. The monoisotopic (exact) mass is 342 g/mol. The fraction of sp³-hybridized carbons (Fsp3) is 0.0476. The van der Waals surface area contributed by atoms with E-state index in [2.05, 4.69) is 46.4 Å². The summed E-state index contributed by atoms with van der Waals surface area (Å²) in [7, 11) is 2.06. The highest BCUT2D eigenvalue weighted by Crippen LogP contribution is 2.28. The molecule has 0 bridgehead atoms. The molecular weight excluding hydrogens is 324 g/mol. The summed E-state index contributed by atoms with van der Waals surface area (Å²) in [5.74, 6) is -0.271. The molecule has 0 saturated heterocycles. The van der Waals surface area contributed by atoms with E-state index in [1.165, 1.54) is 10.9 Å². The summed E-state index contributed by atoms with van der Waals surface area (Å²) < 4.78 is 2.18. The molecule has 4 aromatic rings. The van der Waals surface area contributed by atoms with Gasteiger partial charge < -0.3 is 10.3 Å². The summed E-state index contributed by atoms with van der Waals surface area (Å²) in [6, 6.07) is 21.1. The topological polar surface area (TPSA) is 72.4 Å². The number of hydrogen-bond acceptors (Lipinski definition) is 3. The van der Waals surface area contributed by atoms with E-state index in [0.717, 1.165) is 16.5 Å². The summed E-state index contributed by atoms with van der Waals surface area (Å²) in [6.45, 7) is 0. The highest BCUT2D eigenvalue weighted by Gasteiger charge is 2.07. The normalized spacial score (nSPS) is 11.4. The highest BCUT2D eigenvalue weighted by molar-refractivity contribution is 6.09. The number of anilines is 1. The number of fused-ring (bicyclic) bond motifs is 3. The summed E-state index contributed by atoms with van der Waals surface area (Å²) in [6.07, 6.45) is 1.65. The lowest BCUT2D eigenvalue weighted by Gasteiger charge is -2.01. The molecule has 0 aliphatic heterocycles. The van der Waals surface area contributed by atoms with Crippen LogP contribution in [0.1, 0.15) is 15.9 Å². The Morgan fingerprint density at radius 2 is 1.73 bits per heavy atom. The van der Waals surface area contributed by atoms with Crippen LogP contribution in [0.5, 0.6) is 0 Å². The average Bonchev–Trinajstić information content (AvgIpc) is 2.95. The number of benzene rings is 3. The molecule has 1 amide bonds. The number of nitrogens with two attached hydrogens (primary N) is 1. The van der Waals surface area contributed by atoms with Crippen molar-refractivity contribution in [1.82, 2.24) is 9.99 Å². The molecule has 1 heterocycles. The van der Waals surface area contributed by atoms with Crippen molar-refractivity contribution in [3.63, 3.8) is 0 Å². The Morgan fingerprint density at radius 1 is 1.00 bits per heavy atom. The first-order chi connectivity index (χ1) is 12.6. The standard InChI is InChI=1S/C21H18N4O/c1-25-19-5-3-2-4-17(19)18-12-14(6-11-20(18)25)13-23-24-21(26)15-7-9-16(22)10-8-15/h2-13H,22H2,1H3,(H,24,26)/b23-13-. The SMILES string of the molecule is Cn1c2ccccc2c2cc(/C=N\NC(=O)c3ccc(N)cc3)ccc21. The summed E-state index contributed by atoms with van der Waals surface area (Å²) in [5.41, 5.74) is 12.6. The van der Waals surface area contributed by atoms with E-state index >= 15 is 0 Å². The van der Waals surface area contributed by atoms with Gasteiger partial charge in [-0.15, -0.1) is 0 Å². The molecule has 0 spiro atoms. The van der Waals surface area contributed by atoms with Crippen molar-refractivity contribution >= 4 is 39.6 Å². The number of amides is 1. The number of nitrogens with one attached hydrogen (secondary N) is 1. The van der Waals surface area contributed by atoms with Crippen LogP contribution in [0, 0.1) is 0 Å². The fourth-order valence-electron chi connectivity index (χ4n) is 3.13. The first-order valence-electron chi connectivity index (χ1n) is 8.29. The number of hydrogen-bond donors (Lipinski definition) is 2. The van der Waals surface area contributed by atoms with Crippen LogP contribution in [-0.4, -0.2) is 16.7 Å². The molecule has 3 N–H and O–H groups in total. The second-order valence-corrected chi connectivity index (χ2v) is 6.17. The van der Waals surface area contributed by atoms with Crippen molar-refractivity contribution in [2.75, 3.05) is 5.73 Å². The molecule has 0 atom stereocenters. The Bertz CT molecular complexity index is 1140. The van der Waals surface area contributed by atoms with Gasteiger partial charge in [-0.05, 0) is 48.0 Å². The van der Waals surface area contributed by atoms with Crippen molar-refractivity contribution in [1.29, 1.82) is 0 Å². The number of hydrazone groups is 1. The summed E-state index contributed by atoms with van der Waals surface area (Å²) in [5, 5.41) is 6.44. The maximum absolute atomic E-state index is 12.1. The van der Waals surface area contributed by atoms with Crippen LogP contribution in [-0.2, 0) is 7.05 Å². The van der Waals surface area contributed by atoms with E-state index in [0.29, 0.717) is 11.3 Å². The highest BCUT2D eigenvalue weighted by atomic mass is 16.2. The van der Waals surface area contributed by atoms with Gasteiger partial charge in [0.25, 0.3) is 5.91 Å². The number of rotatable bonds is 3. The van der Waals surface area contributed by atoms with Crippen LogP contribution in [0.4, 0.5) is 5.69 Å². The average molecular weight is 342 g/mol. The molecule has 0 unspecified atom stereocenters. The molecule has 5 heteroatoms. The third-order valence-corrected chi connectivity index (χ3v) is 4.49. The molecule has 3 aromatic carbocycles. The largest absolute Gasteiger partial charge is 0.399 e. The van der Waals surface area contributed by atoms with Gasteiger partial charge in [-0.1, -0.05) is 24.3 Å². The number of aromatic nitrogens is 1. The number of para-hydroxylation sites is 1. The van der Waals surface area contributed by atoms with Crippen LogP contribution < -0.4 is 11.2 Å². The van der Waals surface area contributed by atoms with Crippen LogP contribution in [0.25, 0.3) is 21.8 Å². The first-order valence-corrected chi connectivity index (χ1v) is 8.29. The van der Waals surface area contributed by atoms with Crippen LogP contribution >= 0.6 is 0 Å². The Hall–Kier alpha value is -3.60. The maximum atomic E-state index is 12.1. The van der Waals surface area contributed by atoms with Crippen LogP contribution in [0.3, 0.4) is 0 Å². The predicted octanol–water partition coefficient (Wildman–Crippen LogP) is 3.68. The molecule has 0 aliphatic carbocycles. The lowest BCUT2D eigenvalue weighted by molar-refractivity contribution is 0.0955. The second kappa shape index (κ2) is 6.37. The zero-order valence-electron chi connectivity index (χ0n) is 14.3. The third kappa shape index (κ3) is 2.80. The number of carbonyl (C=O) groups is 1. The van der Waals surface area contributed by atoms with E-state index in [1.807, 2.05) is 18.2 Å². The Balaban J connectivity index is 1.59. The van der Waals surface area contributed by atoms with Gasteiger partial charge in [-0.2, -0.15) is 5.10 Å². The minimum absolute atomic E-state index is 0.271. The van der Waals surface area contributed by atoms with Gasteiger partial charge in [0.1, 0.15) is 0 Å². The van der Waals surface area contributed by atoms with Gasteiger partial charge in [-0.25, -0.2) is 5.43 Å². The van der Waals surface area contributed by atoms with Gasteiger partial charge in [-0.3, -0.25) is 4.79 Å². The molecule has 0 fully saturated rings. The maximum Gasteiger partial charge on any atom is 0.271 e. The molecule has 4 rings (SSSR count). The van der Waals surface area contributed by atoms with E-state index in [1.54, 1.807) is 30.5 Å². The lowest BCUT2D eigenvalue weighted by atomic mass is 10.1. The van der Waals surface area contributed by atoms with E-state index < -0.39 is 0 Å². The quantitative estimate of drug-likeness (QED) is 0.339. The fourth-order valence-corrected chi connectivity index (χ4v) is 3.13. The molecule has 0 saturated carbocycles. The summed E-state index contributed by atoms with van der Waals surface area (Å²) in [4.78, 5) is 12.1. The minimum atomic E-state index is -0.271. The zero-order chi connectivity index (χ0) is 18.1. The van der Waals surface area contributed by atoms with Crippen molar-refractivity contribution < 1.29 is 4.79 Å². The third-order valence-electron chi connectivity index (χ3n) is 4.49. The number of aryl methyl sites for hydroxylation is 1. The van der Waals surface area contributed by atoms with E-state index in [9.17, 15) is 4.79 Å². The molecule has 128 valence electrons. The number of carbonyl (C=O) groups excluding carboxylic acids is 1. The van der Waals surface area contributed by atoms with Crippen molar-refractivity contribution in [3.8, 4) is 0 Å². The van der Waals surface area contributed by atoms with Crippen LogP contribution in [0.2, 0.25) is 0 Å². The van der Waals surface area contributed by atoms with Crippen molar-refractivity contribution in [2.45, 2.75) is 0 Å². The molecule has 26 heavy (non-hydrogen) atoms. The van der Waals surface area contributed by atoms with Gasteiger partial charge in [0.2, 0.25) is 0 Å². The molecule has 0 aliphatic rings. The zero-order valence-corrected chi connectivity index (χ0v) is 14.3. The Labute approximate surface area is 150 Å². The van der Waals surface area contributed by atoms with E-state index in [-0.39, 0.29) is 5.91 Å². The number of nitrogen functional groups attached to an aromatic ring is 1. The first kappa shape index (κ1) is 15.9. The van der Waals surface area contributed by atoms with Gasteiger partial charge in [0.15, 0.2) is 0 Å². The molecule has 5 nitrogen and oxygen atoms in total. The van der Waals surface area contributed by atoms with Crippen LogP contribution in [0.15, 0.2) is 71.8 Å². The van der Waals surface area contributed by atoms with Gasteiger partial charge >= 0.3 is 0 Å². The second-order valence-electron chi connectivity index (χ2n) is 6.17. The summed E-state index contributed by atoms with van der Waals surface area (Å²) >= 11 is 0. The molecule has 0 radical (unpaired) electrons. The Kier molecular flexibility index (Phi) is 3.89. The van der Waals surface area contributed by atoms with Crippen molar-refractivity contribution in [3.05, 3.63) is 77.9 Å². The predicted molar refractivity (Wildman–Crippen MR) is 106 cm³/mol. The molecular formula is C21H18N4O. The minimum Gasteiger partial charge on any atom is -0.399 e. The van der Waals surface area contributed by atoms with Gasteiger partial charge in [0, 0.05) is 40.1 Å².